The smallest absolute Gasteiger partial charge is 0.408 e. The van der Waals surface area contributed by atoms with Crippen molar-refractivity contribution < 1.29 is 24.2 Å². The molecule has 3 N–H and O–H groups in total. The number of carbonyl (C=O) groups is 3. The first-order valence-corrected chi connectivity index (χ1v) is 12.6. The zero-order valence-corrected chi connectivity index (χ0v) is 22.7. The van der Waals surface area contributed by atoms with Crippen LogP contribution < -0.4 is 10.6 Å². The van der Waals surface area contributed by atoms with E-state index in [1.807, 2.05) is 52.8 Å². The van der Waals surface area contributed by atoms with E-state index >= 15 is 0 Å². The fourth-order valence-corrected chi connectivity index (χ4v) is 3.90. The second-order valence-electron chi connectivity index (χ2n) is 10.2. The molecule has 0 saturated carbocycles. The highest BCUT2D eigenvalue weighted by molar-refractivity contribution is 5.92. The van der Waals surface area contributed by atoms with Crippen LogP contribution in [-0.4, -0.2) is 59.3 Å². The van der Waals surface area contributed by atoms with E-state index in [-0.39, 0.29) is 25.0 Å². The minimum Gasteiger partial charge on any atom is -0.444 e. The molecule has 0 aliphatic carbocycles. The van der Waals surface area contributed by atoms with Crippen molar-refractivity contribution in [1.82, 2.24) is 15.5 Å². The van der Waals surface area contributed by atoms with E-state index in [4.69, 9.17) is 4.74 Å². The fourth-order valence-electron chi connectivity index (χ4n) is 3.90. The van der Waals surface area contributed by atoms with Crippen molar-refractivity contribution in [3.05, 3.63) is 34.9 Å². The van der Waals surface area contributed by atoms with Gasteiger partial charge in [0.2, 0.25) is 11.8 Å². The predicted molar refractivity (Wildman–Crippen MR) is 138 cm³/mol. The van der Waals surface area contributed by atoms with Gasteiger partial charge < -0.3 is 25.4 Å². The Morgan fingerprint density at radius 2 is 1.69 bits per heavy atom. The van der Waals surface area contributed by atoms with Crippen molar-refractivity contribution in [2.75, 3.05) is 19.7 Å². The number of aryl methyl sites for hydroxylation is 2. The molecule has 0 aliphatic rings. The topological polar surface area (TPSA) is 108 Å². The van der Waals surface area contributed by atoms with Gasteiger partial charge in [0, 0.05) is 13.1 Å². The summed E-state index contributed by atoms with van der Waals surface area (Å²) < 4.78 is 5.39. The molecular weight excluding hydrogens is 446 g/mol. The van der Waals surface area contributed by atoms with E-state index in [1.165, 1.54) is 4.90 Å². The lowest BCUT2D eigenvalue weighted by molar-refractivity contribution is -0.144. The second-order valence-corrected chi connectivity index (χ2v) is 10.2. The molecule has 0 saturated heterocycles. The number of ether oxygens (including phenoxy) is 1. The molecule has 35 heavy (non-hydrogen) atoms. The Hall–Kier alpha value is -2.61. The Kier molecular flexibility index (Phi) is 12.2. The highest BCUT2D eigenvalue weighted by Crippen LogP contribution is 2.26. The summed E-state index contributed by atoms with van der Waals surface area (Å²) >= 11 is 0. The maximum absolute atomic E-state index is 13.9. The number of nitrogens with one attached hydrogen (secondary N) is 2. The molecule has 1 aromatic rings. The van der Waals surface area contributed by atoms with Crippen LogP contribution in [0.1, 0.15) is 83.5 Å². The normalized spacial score (nSPS) is 14.0. The summed E-state index contributed by atoms with van der Waals surface area (Å²) in [6.07, 6.45) is 1.66. The third kappa shape index (κ3) is 9.88. The first-order chi connectivity index (χ1) is 16.3. The number of unbranched alkanes of at least 4 members (excludes halogenated alkanes) is 1. The summed E-state index contributed by atoms with van der Waals surface area (Å²) in [6, 6.07) is 3.90. The van der Waals surface area contributed by atoms with E-state index in [1.54, 1.807) is 20.8 Å². The molecule has 0 spiro atoms. The van der Waals surface area contributed by atoms with Crippen LogP contribution in [0.4, 0.5) is 4.79 Å². The van der Waals surface area contributed by atoms with Crippen molar-refractivity contribution in [2.24, 2.45) is 5.92 Å². The maximum Gasteiger partial charge on any atom is 0.408 e. The molecule has 0 bridgehead atoms. The molecule has 8 heteroatoms. The molecule has 8 nitrogen and oxygen atoms in total. The zero-order chi connectivity index (χ0) is 26.8. The van der Waals surface area contributed by atoms with Gasteiger partial charge in [-0.2, -0.15) is 0 Å². The number of amides is 3. The van der Waals surface area contributed by atoms with Crippen molar-refractivity contribution in [1.29, 1.82) is 0 Å². The Balaban J connectivity index is 3.47. The molecule has 198 valence electrons. The molecular formula is C27H45N3O5. The molecule has 3 amide bonds. The molecule has 0 radical (unpaired) electrons. The maximum atomic E-state index is 13.9. The quantitative estimate of drug-likeness (QED) is 0.383. The first kappa shape index (κ1) is 30.4. The van der Waals surface area contributed by atoms with Gasteiger partial charge in [-0.1, -0.05) is 62.9 Å². The molecule has 3 unspecified atom stereocenters. The lowest BCUT2D eigenvalue weighted by Gasteiger charge is -2.36. The van der Waals surface area contributed by atoms with Crippen molar-refractivity contribution in [3.63, 3.8) is 0 Å². The summed E-state index contributed by atoms with van der Waals surface area (Å²) in [4.78, 5) is 41.3. The van der Waals surface area contributed by atoms with E-state index in [0.717, 1.165) is 24.0 Å². The minimum absolute atomic E-state index is 0.0549. The number of aliphatic hydroxyl groups is 1. The number of hydrogen-bond donors (Lipinski definition) is 3. The van der Waals surface area contributed by atoms with Crippen LogP contribution in [0.15, 0.2) is 18.2 Å². The van der Waals surface area contributed by atoms with Gasteiger partial charge >= 0.3 is 6.09 Å². The van der Waals surface area contributed by atoms with Gasteiger partial charge in [0.1, 0.15) is 17.7 Å². The van der Waals surface area contributed by atoms with Crippen LogP contribution >= 0.6 is 0 Å². The van der Waals surface area contributed by atoms with Crippen molar-refractivity contribution in [2.45, 2.75) is 92.3 Å². The standard InChI is InChI=1S/C27H45N3O5/c1-9-11-12-28-24(32)23(21-16-18(3)15-19(4)17-21)30(13-14-31)25(33)22(20(5)10-2)29-26(34)35-27(6,7)8/h15-17,20,22-23,31H,9-14H2,1-8H3,(H,28,32)(H,29,34). The summed E-state index contributed by atoms with van der Waals surface area (Å²) in [5, 5.41) is 15.5. The van der Waals surface area contributed by atoms with Gasteiger partial charge in [0.25, 0.3) is 0 Å². The molecule has 0 fully saturated rings. The van der Waals surface area contributed by atoms with Crippen molar-refractivity contribution in [3.8, 4) is 0 Å². The number of benzene rings is 1. The number of hydrogen-bond acceptors (Lipinski definition) is 5. The third-order valence-electron chi connectivity index (χ3n) is 5.72. The van der Waals surface area contributed by atoms with Gasteiger partial charge in [0.05, 0.1) is 6.61 Å². The van der Waals surface area contributed by atoms with Crippen LogP contribution in [-0.2, 0) is 14.3 Å². The second kappa shape index (κ2) is 14.1. The summed E-state index contributed by atoms with van der Waals surface area (Å²) in [5.74, 6) is -0.973. The van der Waals surface area contributed by atoms with E-state index in [9.17, 15) is 19.5 Å². The van der Waals surface area contributed by atoms with Crippen LogP contribution in [0.2, 0.25) is 0 Å². The Bertz CT molecular complexity index is 829. The Morgan fingerprint density at radius 3 is 2.17 bits per heavy atom. The van der Waals surface area contributed by atoms with Crippen LogP contribution in [0.3, 0.4) is 0 Å². The van der Waals surface area contributed by atoms with Crippen LogP contribution in [0.25, 0.3) is 0 Å². The van der Waals surface area contributed by atoms with E-state index in [2.05, 4.69) is 10.6 Å². The number of alkyl carbamates (subject to hydrolysis) is 1. The Labute approximate surface area is 210 Å². The van der Waals surface area contributed by atoms with Gasteiger partial charge in [-0.15, -0.1) is 0 Å². The third-order valence-corrected chi connectivity index (χ3v) is 5.72. The predicted octanol–water partition coefficient (Wildman–Crippen LogP) is 4.02. The lowest BCUT2D eigenvalue weighted by atomic mass is 9.94. The number of rotatable bonds is 12. The summed E-state index contributed by atoms with van der Waals surface area (Å²) in [6.45, 7) is 15.1. The summed E-state index contributed by atoms with van der Waals surface area (Å²) in [7, 11) is 0. The SMILES string of the molecule is CCCCNC(=O)C(c1cc(C)cc(C)c1)N(CCO)C(=O)C(NC(=O)OC(C)(C)C)C(C)CC. The number of carbonyl (C=O) groups excluding carboxylic acids is 3. The minimum atomic E-state index is -0.947. The highest BCUT2D eigenvalue weighted by atomic mass is 16.6. The molecule has 0 heterocycles. The number of aliphatic hydroxyl groups excluding tert-OH is 1. The monoisotopic (exact) mass is 491 g/mol. The van der Waals surface area contributed by atoms with Crippen molar-refractivity contribution >= 4 is 17.9 Å². The lowest BCUT2D eigenvalue weighted by Crippen LogP contribution is -2.55. The summed E-state index contributed by atoms with van der Waals surface area (Å²) in [5.41, 5.74) is 1.87. The van der Waals surface area contributed by atoms with Crippen LogP contribution in [0, 0.1) is 19.8 Å². The van der Waals surface area contributed by atoms with E-state index < -0.39 is 29.7 Å². The molecule has 3 atom stereocenters. The highest BCUT2D eigenvalue weighted by Gasteiger charge is 2.38. The number of nitrogens with zero attached hydrogens (tertiary/aromatic N) is 1. The van der Waals surface area contributed by atoms with E-state index in [0.29, 0.717) is 18.5 Å². The van der Waals surface area contributed by atoms with Crippen LogP contribution in [0.5, 0.6) is 0 Å². The van der Waals surface area contributed by atoms with Gasteiger partial charge in [0.15, 0.2) is 0 Å². The van der Waals surface area contributed by atoms with Gasteiger partial charge in [-0.3, -0.25) is 9.59 Å². The van der Waals surface area contributed by atoms with Gasteiger partial charge in [-0.25, -0.2) is 4.79 Å². The molecule has 1 aromatic carbocycles. The average Bonchev–Trinajstić information content (AvgIpc) is 2.74. The molecule has 0 aliphatic heterocycles. The Morgan fingerprint density at radius 1 is 1.09 bits per heavy atom. The largest absolute Gasteiger partial charge is 0.444 e. The zero-order valence-electron chi connectivity index (χ0n) is 22.7. The fraction of sp³-hybridized carbons (Fsp3) is 0.667. The first-order valence-electron chi connectivity index (χ1n) is 12.6. The molecule has 0 aromatic heterocycles. The molecule has 1 rings (SSSR count). The average molecular weight is 492 g/mol. The van der Waals surface area contributed by atoms with Gasteiger partial charge in [-0.05, 0) is 52.5 Å².